The van der Waals surface area contributed by atoms with Crippen LogP contribution in [0.4, 0.5) is 10.5 Å². The summed E-state index contributed by atoms with van der Waals surface area (Å²) in [7, 11) is -4.27. The van der Waals surface area contributed by atoms with E-state index in [1.165, 1.54) is 48.5 Å². The molecule has 0 radical (unpaired) electrons. The lowest BCUT2D eigenvalue weighted by Crippen LogP contribution is -2.54. The number of barbiturate groups is 1. The topological polar surface area (TPSA) is 110 Å². The van der Waals surface area contributed by atoms with Crippen LogP contribution in [0.1, 0.15) is 11.1 Å². The van der Waals surface area contributed by atoms with E-state index in [-0.39, 0.29) is 21.9 Å². The van der Waals surface area contributed by atoms with Crippen LogP contribution in [0.3, 0.4) is 0 Å². The van der Waals surface area contributed by atoms with Crippen molar-refractivity contribution in [2.45, 2.75) is 11.8 Å². The zero-order valence-electron chi connectivity index (χ0n) is 18.3. The first-order valence-corrected chi connectivity index (χ1v) is 13.1. The number of anilines is 1. The average molecular weight is 610 g/mol. The fraction of sp³-hybridized carbons (Fsp3) is 0.0417. The highest BCUT2D eigenvalue weighted by atomic mass is 79.9. The van der Waals surface area contributed by atoms with Crippen LogP contribution in [0, 0.1) is 6.92 Å². The number of imide groups is 2. The van der Waals surface area contributed by atoms with Gasteiger partial charge < -0.3 is 4.18 Å². The van der Waals surface area contributed by atoms with Gasteiger partial charge in [-0.2, -0.15) is 8.42 Å². The van der Waals surface area contributed by atoms with Gasteiger partial charge in [0.15, 0.2) is 0 Å². The van der Waals surface area contributed by atoms with Gasteiger partial charge in [0.1, 0.15) is 16.2 Å². The van der Waals surface area contributed by atoms with Crippen LogP contribution >= 0.6 is 39.1 Å². The minimum Gasteiger partial charge on any atom is -0.378 e. The van der Waals surface area contributed by atoms with E-state index in [0.29, 0.717) is 20.1 Å². The van der Waals surface area contributed by atoms with Gasteiger partial charge in [-0.15, -0.1) is 0 Å². The number of benzene rings is 3. The summed E-state index contributed by atoms with van der Waals surface area (Å²) in [5.74, 6) is -2.02. The Morgan fingerprint density at radius 2 is 1.69 bits per heavy atom. The van der Waals surface area contributed by atoms with Gasteiger partial charge in [0, 0.05) is 20.1 Å². The highest BCUT2D eigenvalue weighted by Crippen LogP contribution is 2.32. The number of carbonyl (C=O) groups excluding carboxylic acids is 3. The minimum absolute atomic E-state index is 0.0949. The molecule has 1 fully saturated rings. The predicted octanol–water partition coefficient (Wildman–Crippen LogP) is 5.50. The molecule has 0 aromatic heterocycles. The summed E-state index contributed by atoms with van der Waals surface area (Å²) in [6, 6.07) is 13.4. The van der Waals surface area contributed by atoms with E-state index in [9.17, 15) is 22.8 Å². The van der Waals surface area contributed by atoms with E-state index in [0.717, 1.165) is 11.0 Å². The third kappa shape index (κ3) is 5.17. The molecule has 3 aromatic rings. The second kappa shape index (κ2) is 10.1. The van der Waals surface area contributed by atoms with Crippen molar-refractivity contribution in [3.8, 4) is 5.75 Å². The third-order valence-corrected chi connectivity index (χ3v) is 7.56. The highest BCUT2D eigenvalue weighted by molar-refractivity contribution is 9.10. The zero-order chi connectivity index (χ0) is 26.2. The molecule has 0 bridgehead atoms. The van der Waals surface area contributed by atoms with Crippen molar-refractivity contribution >= 4 is 78.9 Å². The molecule has 0 spiro atoms. The molecule has 0 saturated carbocycles. The summed E-state index contributed by atoms with van der Waals surface area (Å²) in [6.45, 7) is 1.62. The molecule has 1 aliphatic heterocycles. The molecule has 1 aliphatic rings. The maximum atomic E-state index is 13.3. The first kappa shape index (κ1) is 25.9. The summed E-state index contributed by atoms with van der Waals surface area (Å²) in [5, 5.41) is 2.79. The van der Waals surface area contributed by atoms with Crippen LogP contribution in [0.25, 0.3) is 6.08 Å². The number of carbonyl (C=O) groups is 3. The number of halogens is 3. The fourth-order valence-corrected chi connectivity index (χ4v) is 4.97. The van der Waals surface area contributed by atoms with E-state index in [1.807, 2.05) is 0 Å². The smallest absolute Gasteiger partial charge is 0.339 e. The molecule has 0 aliphatic carbocycles. The Kier molecular flexibility index (Phi) is 7.24. The Labute approximate surface area is 224 Å². The summed E-state index contributed by atoms with van der Waals surface area (Å²) < 4.78 is 31.5. The quantitative estimate of drug-likeness (QED) is 0.232. The fourth-order valence-electron chi connectivity index (χ4n) is 3.35. The van der Waals surface area contributed by atoms with E-state index in [2.05, 4.69) is 21.2 Å². The molecule has 8 nitrogen and oxygen atoms in total. The lowest BCUT2D eigenvalue weighted by molar-refractivity contribution is -0.122. The van der Waals surface area contributed by atoms with Gasteiger partial charge in [0.25, 0.3) is 11.8 Å². The standard InChI is InChI=1S/C24H15BrCl2N2O6S/c1-13-19(27)3-2-4-20(13)29-23(31)18(22(30)28-24(29)32)12-14-11-15(25)5-10-21(14)35-36(33,34)17-8-6-16(26)7-9-17/h2-12H,1H3,(H,28,30,32)/b18-12+. The van der Waals surface area contributed by atoms with Gasteiger partial charge in [-0.25, -0.2) is 9.69 Å². The molecule has 12 heteroatoms. The number of urea groups is 1. The molecule has 0 atom stereocenters. The van der Waals surface area contributed by atoms with E-state index >= 15 is 0 Å². The second-order valence-corrected chi connectivity index (χ2v) is 10.8. The monoisotopic (exact) mass is 608 g/mol. The van der Waals surface area contributed by atoms with Crippen LogP contribution < -0.4 is 14.4 Å². The van der Waals surface area contributed by atoms with Crippen molar-refractivity contribution < 1.29 is 27.0 Å². The lowest BCUT2D eigenvalue weighted by atomic mass is 10.1. The highest BCUT2D eigenvalue weighted by Gasteiger charge is 2.38. The van der Waals surface area contributed by atoms with Gasteiger partial charge in [-0.05, 0) is 73.2 Å². The molecule has 1 saturated heterocycles. The molecule has 36 heavy (non-hydrogen) atoms. The SMILES string of the molecule is Cc1c(Cl)cccc1N1C(=O)NC(=O)/C(=C\c2cc(Br)ccc2OS(=O)(=O)c2ccc(Cl)cc2)C1=O. The predicted molar refractivity (Wildman–Crippen MR) is 139 cm³/mol. The summed E-state index contributed by atoms with van der Waals surface area (Å²) in [4.78, 5) is 39.1. The number of hydrogen-bond donors (Lipinski definition) is 1. The molecule has 0 unspecified atom stereocenters. The third-order valence-electron chi connectivity index (χ3n) is 5.16. The van der Waals surface area contributed by atoms with Gasteiger partial charge >= 0.3 is 16.1 Å². The van der Waals surface area contributed by atoms with Crippen molar-refractivity contribution in [1.29, 1.82) is 0 Å². The summed E-state index contributed by atoms with van der Waals surface area (Å²) in [5.41, 5.74) is 0.328. The molecule has 1 heterocycles. The Balaban J connectivity index is 1.77. The van der Waals surface area contributed by atoms with Crippen LogP contribution in [0.5, 0.6) is 5.75 Å². The Hall–Kier alpha value is -3.18. The largest absolute Gasteiger partial charge is 0.378 e. The summed E-state index contributed by atoms with van der Waals surface area (Å²) in [6.07, 6.45) is 1.15. The number of nitrogens with one attached hydrogen (secondary N) is 1. The van der Waals surface area contributed by atoms with Crippen molar-refractivity contribution in [1.82, 2.24) is 5.32 Å². The van der Waals surface area contributed by atoms with Gasteiger partial charge in [-0.1, -0.05) is 45.2 Å². The summed E-state index contributed by atoms with van der Waals surface area (Å²) >= 11 is 15.3. The van der Waals surface area contributed by atoms with Crippen molar-refractivity contribution in [2.24, 2.45) is 0 Å². The molecular weight excluding hydrogens is 595 g/mol. The Morgan fingerprint density at radius 1 is 1.00 bits per heavy atom. The number of hydrogen-bond acceptors (Lipinski definition) is 6. The maximum Gasteiger partial charge on any atom is 0.339 e. The Bertz CT molecular complexity index is 1560. The maximum absolute atomic E-state index is 13.3. The molecular formula is C24H15BrCl2N2O6S. The normalized spacial score (nSPS) is 15.3. The lowest BCUT2D eigenvalue weighted by Gasteiger charge is -2.27. The molecule has 4 amide bonds. The Morgan fingerprint density at radius 3 is 2.39 bits per heavy atom. The minimum atomic E-state index is -4.27. The zero-order valence-corrected chi connectivity index (χ0v) is 22.2. The molecule has 4 rings (SSSR count). The second-order valence-electron chi connectivity index (χ2n) is 7.52. The molecule has 1 N–H and O–H groups in total. The van der Waals surface area contributed by atoms with E-state index < -0.39 is 33.5 Å². The van der Waals surface area contributed by atoms with Crippen molar-refractivity contribution in [3.05, 3.63) is 91.9 Å². The van der Waals surface area contributed by atoms with Crippen LogP contribution in [0.2, 0.25) is 10.0 Å². The van der Waals surface area contributed by atoms with Crippen molar-refractivity contribution in [2.75, 3.05) is 4.90 Å². The first-order valence-electron chi connectivity index (χ1n) is 10.1. The van der Waals surface area contributed by atoms with E-state index in [4.69, 9.17) is 27.4 Å². The van der Waals surface area contributed by atoms with Gasteiger partial charge in [-0.3, -0.25) is 14.9 Å². The van der Waals surface area contributed by atoms with Crippen LogP contribution in [0.15, 0.2) is 75.6 Å². The number of nitrogens with zero attached hydrogens (tertiary/aromatic N) is 1. The number of rotatable bonds is 5. The van der Waals surface area contributed by atoms with Crippen molar-refractivity contribution in [3.63, 3.8) is 0 Å². The first-order chi connectivity index (χ1) is 17.0. The van der Waals surface area contributed by atoms with E-state index in [1.54, 1.807) is 19.1 Å². The van der Waals surface area contributed by atoms with Crippen LogP contribution in [-0.4, -0.2) is 26.3 Å². The van der Waals surface area contributed by atoms with Gasteiger partial charge in [0.05, 0.1) is 5.69 Å². The number of amides is 4. The average Bonchev–Trinajstić information content (AvgIpc) is 2.81. The van der Waals surface area contributed by atoms with Crippen LogP contribution in [-0.2, 0) is 19.7 Å². The van der Waals surface area contributed by atoms with Gasteiger partial charge in [0.2, 0.25) is 0 Å². The molecule has 3 aromatic carbocycles. The molecule has 184 valence electrons.